The van der Waals surface area contributed by atoms with E-state index < -0.39 is 15.1 Å². The Morgan fingerprint density at radius 2 is 2.21 bits per heavy atom. The fourth-order valence-electron chi connectivity index (χ4n) is 1.68. The number of thiophene rings is 1. The van der Waals surface area contributed by atoms with E-state index in [-0.39, 0.29) is 5.78 Å². The maximum Gasteiger partial charge on any atom is 0.197 e. The molecule has 0 amide bonds. The molecular formula is C9H10O3S2. The quantitative estimate of drug-likeness (QED) is 0.776. The third-order valence-electron chi connectivity index (χ3n) is 2.40. The summed E-state index contributed by atoms with van der Waals surface area (Å²) in [5.41, 5.74) is 0. The highest BCUT2D eigenvalue weighted by molar-refractivity contribution is 7.94. The molecule has 0 aliphatic heterocycles. The standard InChI is InChI=1S/C9H10O3S2/c10-7-3-1-4-8(7)14(11,12)9-5-2-6-13-9/h2,5-6,8H,1,3-4H2. The van der Waals surface area contributed by atoms with E-state index in [1.165, 1.54) is 11.3 Å². The fourth-order valence-corrected chi connectivity index (χ4v) is 4.67. The molecule has 1 aliphatic carbocycles. The van der Waals surface area contributed by atoms with Crippen molar-refractivity contribution in [2.45, 2.75) is 28.7 Å². The number of carbonyl (C=O) groups excluding carboxylic acids is 1. The van der Waals surface area contributed by atoms with Crippen LogP contribution in [0, 0.1) is 0 Å². The van der Waals surface area contributed by atoms with Crippen molar-refractivity contribution < 1.29 is 13.2 Å². The Balaban J connectivity index is 2.38. The topological polar surface area (TPSA) is 51.2 Å². The molecule has 14 heavy (non-hydrogen) atoms. The van der Waals surface area contributed by atoms with Gasteiger partial charge in [0.15, 0.2) is 15.6 Å². The van der Waals surface area contributed by atoms with Gasteiger partial charge in [-0.15, -0.1) is 11.3 Å². The Labute approximate surface area is 86.7 Å². The van der Waals surface area contributed by atoms with E-state index in [1.54, 1.807) is 17.5 Å². The second-order valence-corrected chi connectivity index (χ2v) is 6.63. The van der Waals surface area contributed by atoms with Gasteiger partial charge in [-0.1, -0.05) is 6.07 Å². The molecule has 0 spiro atoms. The molecule has 0 N–H and O–H groups in total. The molecule has 0 radical (unpaired) electrons. The first-order chi connectivity index (χ1) is 6.62. The SMILES string of the molecule is O=C1CCCC1S(=O)(=O)c1cccs1. The van der Waals surface area contributed by atoms with Crippen LogP contribution in [-0.2, 0) is 14.6 Å². The zero-order valence-corrected chi connectivity index (χ0v) is 9.10. The molecule has 1 aromatic rings. The van der Waals surface area contributed by atoms with Gasteiger partial charge in [0.2, 0.25) is 0 Å². The van der Waals surface area contributed by atoms with Crippen LogP contribution in [0.4, 0.5) is 0 Å². The Hall–Kier alpha value is -0.680. The average molecular weight is 230 g/mol. The Bertz CT molecular complexity index is 431. The predicted molar refractivity (Wildman–Crippen MR) is 54.2 cm³/mol. The molecule has 0 aromatic carbocycles. The molecule has 5 heteroatoms. The molecule has 0 saturated heterocycles. The van der Waals surface area contributed by atoms with Crippen LogP contribution in [0.1, 0.15) is 19.3 Å². The van der Waals surface area contributed by atoms with Crippen molar-refractivity contribution in [3.8, 4) is 0 Å². The molecule has 1 unspecified atom stereocenters. The summed E-state index contributed by atoms with van der Waals surface area (Å²) >= 11 is 1.18. The number of carbonyl (C=O) groups is 1. The second-order valence-electron chi connectivity index (χ2n) is 3.32. The zero-order chi connectivity index (χ0) is 10.2. The number of hydrogen-bond acceptors (Lipinski definition) is 4. The largest absolute Gasteiger partial charge is 0.298 e. The van der Waals surface area contributed by atoms with E-state index in [2.05, 4.69) is 0 Å². The van der Waals surface area contributed by atoms with Crippen molar-refractivity contribution in [3.05, 3.63) is 17.5 Å². The first-order valence-corrected chi connectivity index (χ1v) is 6.85. The molecule has 0 bridgehead atoms. The number of rotatable bonds is 2. The summed E-state index contributed by atoms with van der Waals surface area (Å²) in [5, 5.41) is 0.938. The van der Waals surface area contributed by atoms with E-state index in [0.717, 1.165) is 0 Å². The van der Waals surface area contributed by atoms with Crippen LogP contribution >= 0.6 is 11.3 Å². The van der Waals surface area contributed by atoms with Crippen LogP contribution in [-0.4, -0.2) is 19.5 Å². The maximum absolute atomic E-state index is 11.9. The summed E-state index contributed by atoms with van der Waals surface area (Å²) in [5.74, 6) is -0.126. The Morgan fingerprint density at radius 3 is 2.71 bits per heavy atom. The molecule has 1 aromatic heterocycles. The van der Waals surface area contributed by atoms with Gasteiger partial charge < -0.3 is 0 Å². The van der Waals surface area contributed by atoms with Crippen LogP contribution in [0.5, 0.6) is 0 Å². The number of hydrogen-bond donors (Lipinski definition) is 0. The Morgan fingerprint density at radius 1 is 1.43 bits per heavy atom. The van der Waals surface area contributed by atoms with Gasteiger partial charge in [0.25, 0.3) is 0 Å². The third-order valence-corrected chi connectivity index (χ3v) is 5.99. The minimum Gasteiger partial charge on any atom is -0.298 e. The van der Waals surface area contributed by atoms with Crippen molar-refractivity contribution >= 4 is 27.0 Å². The summed E-state index contributed by atoms with van der Waals surface area (Å²) in [6, 6.07) is 3.25. The number of sulfone groups is 1. The average Bonchev–Trinajstić information content (AvgIpc) is 2.72. The predicted octanol–water partition coefficient (Wildman–Crippen LogP) is 1.64. The first kappa shape index (κ1) is 9.86. The van der Waals surface area contributed by atoms with Gasteiger partial charge in [-0.2, -0.15) is 0 Å². The summed E-state index contributed by atoms with van der Waals surface area (Å²) in [6.45, 7) is 0. The first-order valence-electron chi connectivity index (χ1n) is 4.42. The van der Waals surface area contributed by atoms with E-state index in [4.69, 9.17) is 0 Å². The highest BCUT2D eigenvalue weighted by atomic mass is 32.2. The van der Waals surface area contributed by atoms with Gasteiger partial charge in [0, 0.05) is 6.42 Å². The van der Waals surface area contributed by atoms with Gasteiger partial charge in [0.1, 0.15) is 9.46 Å². The van der Waals surface area contributed by atoms with Crippen molar-refractivity contribution in [1.82, 2.24) is 0 Å². The van der Waals surface area contributed by atoms with Crippen molar-refractivity contribution in [1.29, 1.82) is 0 Å². The van der Waals surface area contributed by atoms with Crippen LogP contribution in [0.25, 0.3) is 0 Å². The highest BCUT2D eigenvalue weighted by Crippen LogP contribution is 2.29. The molecule has 1 aliphatic rings. The highest BCUT2D eigenvalue weighted by Gasteiger charge is 2.37. The maximum atomic E-state index is 11.9. The summed E-state index contributed by atoms with van der Waals surface area (Å²) in [7, 11) is -3.38. The van der Waals surface area contributed by atoms with E-state index in [1.807, 2.05) is 0 Å². The van der Waals surface area contributed by atoms with Gasteiger partial charge in [-0.3, -0.25) is 4.79 Å². The molecule has 2 rings (SSSR count). The van der Waals surface area contributed by atoms with Crippen LogP contribution in [0.3, 0.4) is 0 Å². The minimum atomic E-state index is -3.38. The fraction of sp³-hybridized carbons (Fsp3) is 0.444. The second kappa shape index (κ2) is 3.47. The molecule has 1 saturated carbocycles. The minimum absolute atomic E-state index is 0.126. The molecule has 1 fully saturated rings. The summed E-state index contributed by atoms with van der Waals surface area (Å²) < 4.78 is 24.1. The van der Waals surface area contributed by atoms with Crippen LogP contribution in [0.2, 0.25) is 0 Å². The molecule has 76 valence electrons. The normalized spacial score (nSPS) is 22.9. The lowest BCUT2D eigenvalue weighted by molar-refractivity contribution is -0.117. The van der Waals surface area contributed by atoms with Crippen molar-refractivity contribution in [3.63, 3.8) is 0 Å². The lowest BCUT2D eigenvalue weighted by Crippen LogP contribution is -2.24. The van der Waals surface area contributed by atoms with Crippen molar-refractivity contribution in [2.24, 2.45) is 0 Å². The van der Waals surface area contributed by atoms with Gasteiger partial charge in [0.05, 0.1) is 0 Å². The monoisotopic (exact) mass is 230 g/mol. The van der Waals surface area contributed by atoms with Gasteiger partial charge in [-0.05, 0) is 24.3 Å². The smallest absolute Gasteiger partial charge is 0.197 e. The van der Waals surface area contributed by atoms with Crippen molar-refractivity contribution in [2.75, 3.05) is 0 Å². The van der Waals surface area contributed by atoms with Crippen LogP contribution < -0.4 is 0 Å². The van der Waals surface area contributed by atoms with E-state index in [0.29, 0.717) is 23.5 Å². The molecule has 1 atom stereocenters. The van der Waals surface area contributed by atoms with Gasteiger partial charge >= 0.3 is 0 Å². The van der Waals surface area contributed by atoms with Gasteiger partial charge in [-0.25, -0.2) is 8.42 Å². The van der Waals surface area contributed by atoms with E-state index in [9.17, 15) is 13.2 Å². The summed E-state index contributed by atoms with van der Waals surface area (Å²) in [6.07, 6.45) is 1.60. The molecule has 1 heterocycles. The number of Topliss-reactive ketones (excluding diaryl/α,β-unsaturated/α-hetero) is 1. The lowest BCUT2D eigenvalue weighted by atomic mass is 10.3. The third kappa shape index (κ3) is 1.50. The summed E-state index contributed by atoms with van der Waals surface area (Å²) in [4.78, 5) is 11.3. The lowest BCUT2D eigenvalue weighted by Gasteiger charge is -2.06. The van der Waals surface area contributed by atoms with Crippen LogP contribution in [0.15, 0.2) is 21.7 Å². The molecular weight excluding hydrogens is 220 g/mol. The van der Waals surface area contributed by atoms with E-state index >= 15 is 0 Å². The number of ketones is 1. The molecule has 3 nitrogen and oxygen atoms in total. The zero-order valence-electron chi connectivity index (χ0n) is 7.47. The Kier molecular flexibility index (Phi) is 2.45.